The number of carbonyl (C=O) groups excluding carboxylic acids is 4. The lowest BCUT2D eigenvalue weighted by molar-refractivity contribution is 0.0587. The molecule has 0 aromatic heterocycles. The first-order valence-corrected chi connectivity index (χ1v) is 14.6. The molecule has 0 saturated carbocycles. The van der Waals surface area contributed by atoms with Crippen molar-refractivity contribution >= 4 is 34.4 Å². The normalized spacial score (nSPS) is 14.2. The summed E-state index contributed by atoms with van der Waals surface area (Å²) in [7, 11) is 0. The number of amides is 4. The average molecular weight is 597 g/mol. The molecule has 0 bridgehead atoms. The summed E-state index contributed by atoms with van der Waals surface area (Å²) in [6.45, 7) is 1.88. The number of carbonyl (C=O) groups is 4. The summed E-state index contributed by atoms with van der Waals surface area (Å²) in [5, 5.41) is 6.94. The van der Waals surface area contributed by atoms with Crippen LogP contribution in [0.4, 0.5) is 8.78 Å². The number of halogens is 2. The third-order valence-corrected chi connectivity index (χ3v) is 8.08. The smallest absolute Gasteiger partial charge is 0.261 e. The molecular weight excluding hydrogens is 566 g/mol. The Morgan fingerprint density at radius 3 is 1.18 bits per heavy atom. The van der Waals surface area contributed by atoms with Crippen molar-refractivity contribution in [1.82, 2.24) is 20.4 Å². The van der Waals surface area contributed by atoms with Crippen molar-refractivity contribution in [2.45, 2.75) is 25.9 Å². The molecular formula is C34H30F2N4O4. The fraction of sp³-hybridized carbons (Fsp3) is 0.235. The summed E-state index contributed by atoms with van der Waals surface area (Å²) in [5.74, 6) is -2.53. The maximum Gasteiger partial charge on any atom is 0.261 e. The molecule has 0 unspecified atom stereocenters. The van der Waals surface area contributed by atoms with Gasteiger partial charge in [-0.3, -0.25) is 29.0 Å². The van der Waals surface area contributed by atoms with E-state index < -0.39 is 23.6 Å². The summed E-state index contributed by atoms with van der Waals surface area (Å²) in [6, 6.07) is 19.1. The van der Waals surface area contributed by atoms with E-state index in [0.29, 0.717) is 60.9 Å². The largest absolute Gasteiger partial charge is 0.312 e. The summed E-state index contributed by atoms with van der Waals surface area (Å²) < 4.78 is 27.7. The lowest BCUT2D eigenvalue weighted by Crippen LogP contribution is -2.44. The first kappa shape index (κ1) is 29.3. The zero-order valence-electron chi connectivity index (χ0n) is 23.9. The van der Waals surface area contributed by atoms with Gasteiger partial charge in [-0.05, 0) is 62.3 Å². The molecule has 4 aromatic carbocycles. The van der Waals surface area contributed by atoms with E-state index in [4.69, 9.17) is 0 Å². The van der Waals surface area contributed by atoms with E-state index in [1.54, 1.807) is 60.7 Å². The van der Waals surface area contributed by atoms with Crippen LogP contribution in [-0.2, 0) is 13.1 Å². The lowest BCUT2D eigenvalue weighted by Gasteiger charge is -2.32. The molecule has 0 fully saturated rings. The van der Waals surface area contributed by atoms with Gasteiger partial charge in [0.25, 0.3) is 23.6 Å². The molecule has 6 rings (SSSR count). The van der Waals surface area contributed by atoms with Gasteiger partial charge in [-0.1, -0.05) is 36.4 Å². The summed E-state index contributed by atoms with van der Waals surface area (Å²) in [6.07, 6.45) is 0.920. The van der Waals surface area contributed by atoms with Crippen LogP contribution >= 0.6 is 0 Å². The van der Waals surface area contributed by atoms with Crippen molar-refractivity contribution in [2.24, 2.45) is 0 Å². The Hall–Kier alpha value is -4.80. The Morgan fingerprint density at radius 1 is 0.500 bits per heavy atom. The molecule has 0 radical (unpaired) electrons. The second kappa shape index (κ2) is 12.4. The molecule has 2 aliphatic heterocycles. The maximum atomic E-state index is 13.9. The maximum absolute atomic E-state index is 13.9. The van der Waals surface area contributed by atoms with Crippen LogP contribution in [0.5, 0.6) is 0 Å². The van der Waals surface area contributed by atoms with Gasteiger partial charge in [0.05, 0.1) is 0 Å². The Bertz CT molecular complexity index is 1610. The first-order chi connectivity index (χ1) is 21.4. The number of hydrogen-bond acceptors (Lipinski definition) is 6. The van der Waals surface area contributed by atoms with E-state index in [2.05, 4.69) is 10.6 Å². The Labute approximate surface area is 252 Å². The van der Waals surface area contributed by atoms with Gasteiger partial charge in [-0.2, -0.15) is 0 Å². The van der Waals surface area contributed by atoms with Crippen molar-refractivity contribution in [1.29, 1.82) is 0 Å². The topological polar surface area (TPSA) is 98.8 Å². The van der Waals surface area contributed by atoms with E-state index >= 15 is 0 Å². The second-order valence-corrected chi connectivity index (χ2v) is 10.8. The average Bonchev–Trinajstić information content (AvgIpc) is 3.03. The highest BCUT2D eigenvalue weighted by molar-refractivity contribution is 6.33. The van der Waals surface area contributed by atoms with E-state index in [1.165, 1.54) is 21.9 Å². The Morgan fingerprint density at radius 2 is 0.841 bits per heavy atom. The van der Waals surface area contributed by atoms with E-state index in [9.17, 15) is 28.0 Å². The minimum atomic E-state index is -0.483. The fourth-order valence-corrected chi connectivity index (χ4v) is 5.83. The third-order valence-electron chi connectivity index (χ3n) is 8.08. The lowest BCUT2D eigenvalue weighted by atomic mass is 9.86. The van der Waals surface area contributed by atoms with Crippen molar-refractivity contribution in [3.63, 3.8) is 0 Å². The van der Waals surface area contributed by atoms with Crippen LogP contribution in [0, 0.1) is 11.6 Å². The molecule has 224 valence electrons. The second-order valence-electron chi connectivity index (χ2n) is 10.8. The molecule has 0 atom stereocenters. The zero-order valence-corrected chi connectivity index (χ0v) is 23.9. The van der Waals surface area contributed by atoms with Crippen LogP contribution < -0.4 is 10.6 Å². The molecule has 10 heteroatoms. The molecule has 8 nitrogen and oxygen atoms in total. The minimum absolute atomic E-state index is 0.156. The molecule has 2 heterocycles. The highest BCUT2D eigenvalue weighted by Crippen LogP contribution is 2.37. The summed E-state index contributed by atoms with van der Waals surface area (Å²) >= 11 is 0. The molecule has 44 heavy (non-hydrogen) atoms. The third kappa shape index (κ3) is 5.38. The van der Waals surface area contributed by atoms with E-state index in [1.807, 2.05) is 0 Å². The van der Waals surface area contributed by atoms with Crippen LogP contribution in [-0.4, -0.2) is 59.6 Å². The van der Waals surface area contributed by atoms with Crippen LogP contribution in [0.2, 0.25) is 0 Å². The number of rotatable bonds is 12. The summed E-state index contributed by atoms with van der Waals surface area (Å²) in [5.41, 5.74) is 2.14. The van der Waals surface area contributed by atoms with Crippen LogP contribution in [0.3, 0.4) is 0 Å². The molecule has 4 aromatic rings. The van der Waals surface area contributed by atoms with Gasteiger partial charge in [0.15, 0.2) is 0 Å². The Kier molecular flexibility index (Phi) is 8.28. The van der Waals surface area contributed by atoms with Gasteiger partial charge in [0.2, 0.25) is 0 Å². The van der Waals surface area contributed by atoms with Crippen molar-refractivity contribution < 1.29 is 28.0 Å². The predicted molar refractivity (Wildman–Crippen MR) is 160 cm³/mol. The van der Waals surface area contributed by atoms with Gasteiger partial charge in [-0.25, -0.2) is 8.78 Å². The van der Waals surface area contributed by atoms with E-state index in [-0.39, 0.29) is 47.0 Å². The van der Waals surface area contributed by atoms with Gasteiger partial charge < -0.3 is 10.6 Å². The highest BCUT2D eigenvalue weighted by atomic mass is 19.1. The number of nitrogens with zero attached hydrogens (tertiary/aromatic N) is 2. The van der Waals surface area contributed by atoms with Crippen molar-refractivity contribution in [2.75, 3.05) is 26.2 Å². The molecule has 4 amide bonds. The molecule has 0 spiro atoms. The highest BCUT2D eigenvalue weighted by Gasteiger charge is 2.39. The molecule has 2 N–H and O–H groups in total. The number of benzene rings is 4. The SMILES string of the molecule is O=C1c2ccc3c4c(ccc(c24)C(=O)N1CCCNCc1ccccc1F)C(=O)N(CCCNCc1ccccc1F)C3=O. The van der Waals surface area contributed by atoms with Gasteiger partial charge >= 0.3 is 0 Å². The van der Waals surface area contributed by atoms with Gasteiger partial charge in [-0.15, -0.1) is 0 Å². The molecule has 0 saturated heterocycles. The van der Waals surface area contributed by atoms with E-state index in [0.717, 1.165) is 0 Å². The number of imide groups is 2. The predicted octanol–water partition coefficient (Wildman–Crippen LogP) is 4.67. The number of hydrogen-bond donors (Lipinski definition) is 2. The van der Waals surface area contributed by atoms with Gasteiger partial charge in [0.1, 0.15) is 11.6 Å². The van der Waals surface area contributed by atoms with Crippen molar-refractivity contribution in [3.05, 3.63) is 118 Å². The first-order valence-electron chi connectivity index (χ1n) is 14.6. The number of nitrogens with one attached hydrogen (secondary N) is 2. The minimum Gasteiger partial charge on any atom is -0.312 e. The zero-order chi connectivity index (χ0) is 30.8. The standard InChI is InChI=1S/C34H30F2N4O4/c35-27-9-3-1-7-21(27)19-37-15-5-17-39-31(41)23-11-13-25-30-26(14-12-24(29(23)30)32(39)42)34(44)40(33(25)43)18-6-16-38-20-22-8-2-4-10-28(22)36/h1-4,7-14,37-38H,5-6,15-20H2. The summed E-state index contributed by atoms with van der Waals surface area (Å²) in [4.78, 5) is 56.2. The fourth-order valence-electron chi connectivity index (χ4n) is 5.83. The van der Waals surface area contributed by atoms with Crippen LogP contribution in [0.1, 0.15) is 65.4 Å². The molecule has 0 aliphatic carbocycles. The quantitative estimate of drug-likeness (QED) is 0.182. The van der Waals surface area contributed by atoms with Gasteiger partial charge in [0, 0.05) is 70.3 Å². The van der Waals surface area contributed by atoms with Crippen LogP contribution in [0.25, 0.3) is 10.8 Å². The van der Waals surface area contributed by atoms with Crippen molar-refractivity contribution in [3.8, 4) is 0 Å². The monoisotopic (exact) mass is 596 g/mol. The van der Waals surface area contributed by atoms with Crippen LogP contribution in [0.15, 0.2) is 72.8 Å². The molecule has 2 aliphatic rings. The Balaban J connectivity index is 1.12.